The van der Waals surface area contributed by atoms with Gasteiger partial charge in [-0.05, 0) is 80.8 Å². The van der Waals surface area contributed by atoms with Gasteiger partial charge < -0.3 is 41.0 Å². The van der Waals surface area contributed by atoms with Crippen LogP contribution in [-0.4, -0.2) is 95.0 Å². The molecule has 4 aromatic rings. The molecule has 7 N–H and O–H groups in total. The Balaban J connectivity index is 0.882. The van der Waals surface area contributed by atoms with Crippen LogP contribution in [0.3, 0.4) is 0 Å². The Labute approximate surface area is 337 Å². The van der Waals surface area contributed by atoms with Crippen LogP contribution in [0.1, 0.15) is 32.1 Å². The lowest BCUT2D eigenvalue weighted by molar-refractivity contribution is -0.133. The highest BCUT2D eigenvalue weighted by atomic mass is 35.5. The largest absolute Gasteiger partial charge is 0.494 e. The number of aromatic nitrogens is 2. The van der Waals surface area contributed by atoms with E-state index in [1.807, 2.05) is 42.5 Å². The molecule has 1 unspecified atom stereocenters. The van der Waals surface area contributed by atoms with Crippen molar-refractivity contribution in [3.8, 4) is 11.5 Å². The Morgan fingerprint density at radius 2 is 1.70 bits per heavy atom. The van der Waals surface area contributed by atoms with E-state index in [1.165, 1.54) is 6.20 Å². The maximum atomic E-state index is 12.0. The summed E-state index contributed by atoms with van der Waals surface area (Å²) in [6.07, 6.45) is 6.29. The molecule has 2 aliphatic heterocycles. The molecule has 6 rings (SSSR count). The van der Waals surface area contributed by atoms with E-state index in [-0.39, 0.29) is 22.8 Å². The molecule has 3 aromatic carbocycles. The lowest BCUT2D eigenvalue weighted by atomic mass is 10.0. The third-order valence-electron chi connectivity index (χ3n) is 9.45. The summed E-state index contributed by atoms with van der Waals surface area (Å²) in [5, 5.41) is 19.3. The van der Waals surface area contributed by atoms with Crippen molar-refractivity contribution in [2.45, 2.75) is 44.2 Å². The number of imide groups is 1. The van der Waals surface area contributed by atoms with Crippen LogP contribution in [0.4, 0.5) is 40.2 Å². The lowest BCUT2D eigenvalue weighted by Gasteiger charge is -2.34. The number of rotatable bonds is 19. The Hall–Kier alpha value is -5.36. The summed E-state index contributed by atoms with van der Waals surface area (Å²) in [5.74, 6) is 1.47. The molecule has 0 bridgehead atoms. The van der Waals surface area contributed by atoms with Gasteiger partial charge >= 0.3 is 0 Å². The fourth-order valence-corrected chi connectivity index (χ4v) is 7.24. The highest BCUT2D eigenvalue weighted by Gasteiger charge is 2.26. The van der Waals surface area contributed by atoms with Gasteiger partial charge in [0.15, 0.2) is 5.82 Å². The molecule has 18 heteroatoms. The quantitative estimate of drug-likeness (QED) is 0.0501. The minimum Gasteiger partial charge on any atom is -0.494 e. The molecule has 57 heavy (non-hydrogen) atoms. The van der Waals surface area contributed by atoms with Gasteiger partial charge in [-0.25, -0.2) is 13.4 Å². The first-order valence-corrected chi connectivity index (χ1v) is 21.1. The van der Waals surface area contributed by atoms with E-state index in [2.05, 4.69) is 51.5 Å². The molecule has 0 radical (unpaired) electrons. The summed E-state index contributed by atoms with van der Waals surface area (Å²) in [5.41, 5.74) is 3.39. The summed E-state index contributed by atoms with van der Waals surface area (Å²) in [6, 6.07) is 20.4. The van der Waals surface area contributed by atoms with Gasteiger partial charge in [-0.1, -0.05) is 23.7 Å². The maximum Gasteiger partial charge on any atom is 0.249 e. The van der Waals surface area contributed by atoms with Gasteiger partial charge in [-0.2, -0.15) is 4.98 Å². The highest BCUT2D eigenvalue weighted by molar-refractivity contribution is 7.92. The molecule has 0 saturated carbocycles. The van der Waals surface area contributed by atoms with Crippen LogP contribution < -0.4 is 51.0 Å². The number of methoxy groups -OCH3 is 1. The molecule has 2 aliphatic rings. The second-order valence-corrected chi connectivity index (χ2v) is 15.9. The van der Waals surface area contributed by atoms with Crippen LogP contribution >= 0.6 is 11.6 Å². The Bertz CT molecular complexity index is 2100. The summed E-state index contributed by atoms with van der Waals surface area (Å²) in [7, 11) is -1.88. The third-order valence-corrected chi connectivity index (χ3v) is 10.3. The van der Waals surface area contributed by atoms with Crippen molar-refractivity contribution in [1.29, 1.82) is 0 Å². The molecule has 1 atom stereocenters. The SMILES string of the molecule is COc1cc(N2CCC(NCCNCCCOc3ccc(NC4CCC(=O)NC4=O)cc3)CC2)ccc1Nc1ncc(Cl)c(Nc2ccccc2NS(C)(=O)=O)n1. The number of piperidine rings is 2. The zero-order chi connectivity index (χ0) is 40.2. The zero-order valence-electron chi connectivity index (χ0n) is 31.9. The standard InChI is InChI=1S/C39H49ClN10O6S/c1-55-35-24-28(10-13-33(35)46-39-43-25-30(40)37(48-39)45-31-6-3-4-7-32(31)49-57(2,53)54)50-21-16-26(17-22-50)42-20-19-41-18-5-23-56-29-11-8-27(9-12-29)44-34-14-15-36(51)47-38(34)52/h3-4,6-13,24-26,34,41-42,44,49H,5,14-23H2,1-2H3,(H,47,51,52)(H2,43,45,46,48). The first-order valence-electron chi connectivity index (χ1n) is 18.9. The van der Waals surface area contributed by atoms with Crippen molar-refractivity contribution < 1.29 is 27.5 Å². The van der Waals surface area contributed by atoms with Gasteiger partial charge in [0.25, 0.3) is 0 Å². The average Bonchev–Trinajstić information content (AvgIpc) is 3.19. The molecule has 3 heterocycles. The average molecular weight is 821 g/mol. The highest BCUT2D eigenvalue weighted by Crippen LogP contribution is 2.34. The molecule has 304 valence electrons. The number of hydrogen-bond acceptors (Lipinski definition) is 14. The normalized spacial score (nSPS) is 16.1. The number of amides is 2. The number of sulfonamides is 1. The van der Waals surface area contributed by atoms with E-state index < -0.39 is 16.1 Å². The van der Waals surface area contributed by atoms with E-state index in [0.29, 0.717) is 54.1 Å². The molecule has 2 saturated heterocycles. The van der Waals surface area contributed by atoms with E-state index >= 15 is 0 Å². The number of nitrogens with zero attached hydrogens (tertiary/aromatic N) is 3. The smallest absolute Gasteiger partial charge is 0.249 e. The molecule has 1 aromatic heterocycles. The van der Waals surface area contributed by atoms with Crippen molar-refractivity contribution in [3.05, 3.63) is 77.9 Å². The molecular formula is C39H49ClN10O6S. The Morgan fingerprint density at radius 3 is 2.44 bits per heavy atom. The fourth-order valence-electron chi connectivity index (χ4n) is 6.52. The van der Waals surface area contributed by atoms with Crippen LogP contribution in [0.25, 0.3) is 0 Å². The van der Waals surface area contributed by atoms with E-state index in [4.69, 9.17) is 21.1 Å². The summed E-state index contributed by atoms with van der Waals surface area (Å²) in [4.78, 5) is 34.5. The van der Waals surface area contributed by atoms with Gasteiger partial charge in [-0.15, -0.1) is 0 Å². The monoisotopic (exact) mass is 820 g/mol. The van der Waals surface area contributed by atoms with Crippen molar-refractivity contribution in [2.75, 3.05) is 78.3 Å². The van der Waals surface area contributed by atoms with Gasteiger partial charge in [-0.3, -0.25) is 19.6 Å². The second kappa shape index (κ2) is 19.7. The van der Waals surface area contributed by atoms with Crippen molar-refractivity contribution in [2.24, 2.45) is 0 Å². The van der Waals surface area contributed by atoms with E-state index in [9.17, 15) is 18.0 Å². The Kier molecular flexibility index (Phi) is 14.2. The van der Waals surface area contributed by atoms with Gasteiger partial charge in [0.2, 0.25) is 27.8 Å². The van der Waals surface area contributed by atoms with Crippen molar-refractivity contribution in [1.82, 2.24) is 25.9 Å². The molecule has 16 nitrogen and oxygen atoms in total. The predicted molar refractivity (Wildman–Crippen MR) is 224 cm³/mol. The topological polar surface area (TPSA) is 200 Å². The second-order valence-electron chi connectivity index (χ2n) is 13.8. The van der Waals surface area contributed by atoms with E-state index in [1.54, 1.807) is 31.4 Å². The van der Waals surface area contributed by atoms with Crippen molar-refractivity contribution in [3.63, 3.8) is 0 Å². The molecular weight excluding hydrogens is 772 g/mol. The van der Waals surface area contributed by atoms with Crippen LogP contribution in [0.15, 0.2) is 72.9 Å². The number of hydrogen-bond donors (Lipinski definition) is 7. The van der Waals surface area contributed by atoms with Gasteiger partial charge in [0, 0.05) is 56.1 Å². The van der Waals surface area contributed by atoms with Crippen LogP contribution in [-0.2, 0) is 19.6 Å². The number of ether oxygens (including phenoxy) is 2. The molecule has 2 amide bonds. The van der Waals surface area contributed by atoms with Crippen LogP contribution in [0.2, 0.25) is 5.02 Å². The molecule has 0 spiro atoms. The van der Waals surface area contributed by atoms with Crippen molar-refractivity contribution >= 4 is 73.6 Å². The number of carbonyl (C=O) groups is 2. The number of halogens is 1. The number of para-hydroxylation sites is 2. The first-order chi connectivity index (χ1) is 27.5. The summed E-state index contributed by atoms with van der Waals surface area (Å²) >= 11 is 6.40. The number of benzene rings is 3. The third kappa shape index (κ3) is 12.3. The zero-order valence-corrected chi connectivity index (χ0v) is 33.5. The lowest BCUT2D eigenvalue weighted by Crippen LogP contribution is -2.47. The predicted octanol–water partition coefficient (Wildman–Crippen LogP) is 4.83. The van der Waals surface area contributed by atoms with Gasteiger partial charge in [0.1, 0.15) is 22.6 Å². The number of carbonyl (C=O) groups excluding carboxylic acids is 2. The molecule has 0 aliphatic carbocycles. The minimum absolute atomic E-state index is 0.227. The first kappa shape index (κ1) is 41.3. The van der Waals surface area contributed by atoms with Crippen LogP contribution in [0, 0.1) is 0 Å². The molecule has 2 fully saturated rings. The minimum atomic E-state index is -3.50. The Morgan fingerprint density at radius 1 is 0.930 bits per heavy atom. The maximum absolute atomic E-state index is 12.0. The van der Waals surface area contributed by atoms with E-state index in [0.717, 1.165) is 75.4 Å². The summed E-state index contributed by atoms with van der Waals surface area (Å²) in [6.45, 7) is 5.03. The number of anilines is 7. The fraction of sp³-hybridized carbons (Fsp3) is 0.385. The van der Waals surface area contributed by atoms with Crippen LogP contribution in [0.5, 0.6) is 11.5 Å². The van der Waals surface area contributed by atoms with Gasteiger partial charge in [0.05, 0.1) is 43.2 Å². The number of nitrogens with one attached hydrogen (secondary N) is 7. The summed E-state index contributed by atoms with van der Waals surface area (Å²) < 4.78 is 37.8.